The lowest BCUT2D eigenvalue weighted by molar-refractivity contribution is 0.155. The lowest BCUT2D eigenvalue weighted by atomic mass is 10.0. The SMILES string of the molecule is COc1cccc([C@H](NC(=O)N2CCCC[C@@H]2C)c2nccn2C)c1. The van der Waals surface area contributed by atoms with Gasteiger partial charge in [0.25, 0.3) is 0 Å². The molecule has 1 saturated heterocycles. The van der Waals surface area contributed by atoms with Gasteiger partial charge in [-0.3, -0.25) is 0 Å². The summed E-state index contributed by atoms with van der Waals surface area (Å²) >= 11 is 0. The fraction of sp³-hybridized carbons (Fsp3) is 0.474. The van der Waals surface area contributed by atoms with Gasteiger partial charge in [0.05, 0.1) is 7.11 Å². The molecule has 0 unspecified atom stereocenters. The van der Waals surface area contributed by atoms with Gasteiger partial charge in [-0.05, 0) is 43.9 Å². The standard InChI is InChI=1S/C19H26N4O2/c1-14-7-4-5-11-23(14)19(24)21-17(18-20-10-12-22(18)2)15-8-6-9-16(13-15)25-3/h6,8-10,12-14,17H,4-5,7,11H2,1-3H3,(H,21,24)/t14-,17-/m0/s1. The third-order valence-electron chi connectivity index (χ3n) is 4.88. The van der Waals surface area contributed by atoms with Crippen LogP contribution in [0.2, 0.25) is 0 Å². The summed E-state index contributed by atoms with van der Waals surface area (Å²) in [5.74, 6) is 1.56. The van der Waals surface area contributed by atoms with Crippen LogP contribution in [0, 0.1) is 0 Å². The maximum absolute atomic E-state index is 12.9. The first-order chi connectivity index (χ1) is 12.1. The van der Waals surface area contributed by atoms with Crippen LogP contribution in [0.5, 0.6) is 5.75 Å². The number of urea groups is 1. The summed E-state index contributed by atoms with van der Waals surface area (Å²) in [6.07, 6.45) is 6.93. The average molecular weight is 342 g/mol. The van der Waals surface area contributed by atoms with Gasteiger partial charge in [-0.25, -0.2) is 9.78 Å². The predicted octanol–water partition coefficient (Wildman–Crippen LogP) is 3.10. The normalized spacial score (nSPS) is 18.7. The van der Waals surface area contributed by atoms with E-state index >= 15 is 0 Å². The van der Waals surface area contributed by atoms with Crippen molar-refractivity contribution >= 4 is 6.03 Å². The molecular formula is C19H26N4O2. The van der Waals surface area contributed by atoms with E-state index in [9.17, 15) is 4.79 Å². The molecule has 0 saturated carbocycles. The zero-order valence-electron chi connectivity index (χ0n) is 15.1. The van der Waals surface area contributed by atoms with Crippen molar-refractivity contribution in [3.8, 4) is 5.75 Å². The number of hydrogen-bond acceptors (Lipinski definition) is 3. The number of benzene rings is 1. The van der Waals surface area contributed by atoms with Crippen molar-refractivity contribution in [3.63, 3.8) is 0 Å². The Bertz CT molecular complexity index is 728. The third kappa shape index (κ3) is 3.78. The topological polar surface area (TPSA) is 59.4 Å². The third-order valence-corrected chi connectivity index (χ3v) is 4.88. The molecule has 0 bridgehead atoms. The van der Waals surface area contributed by atoms with Crippen molar-refractivity contribution in [2.45, 2.75) is 38.3 Å². The number of aromatic nitrogens is 2. The van der Waals surface area contributed by atoms with Crippen molar-refractivity contribution < 1.29 is 9.53 Å². The number of piperidine rings is 1. The Morgan fingerprint density at radius 2 is 2.24 bits per heavy atom. The van der Waals surface area contributed by atoms with Crippen LogP contribution in [0.15, 0.2) is 36.7 Å². The van der Waals surface area contributed by atoms with Crippen molar-refractivity contribution in [2.75, 3.05) is 13.7 Å². The van der Waals surface area contributed by atoms with Gasteiger partial charge in [-0.1, -0.05) is 12.1 Å². The van der Waals surface area contributed by atoms with Gasteiger partial charge < -0.3 is 19.5 Å². The Kier molecular flexibility index (Phi) is 5.26. The molecule has 6 nitrogen and oxygen atoms in total. The zero-order valence-corrected chi connectivity index (χ0v) is 15.1. The Hall–Kier alpha value is -2.50. The first kappa shape index (κ1) is 17.3. The molecular weight excluding hydrogens is 316 g/mol. The number of carbonyl (C=O) groups excluding carboxylic acids is 1. The molecule has 2 amide bonds. The molecule has 0 aliphatic carbocycles. The number of rotatable bonds is 4. The summed E-state index contributed by atoms with van der Waals surface area (Å²) in [5, 5.41) is 3.18. The first-order valence-electron chi connectivity index (χ1n) is 8.78. The molecule has 2 aromatic rings. The number of likely N-dealkylation sites (tertiary alicyclic amines) is 1. The minimum Gasteiger partial charge on any atom is -0.497 e. The second-order valence-corrected chi connectivity index (χ2v) is 6.59. The van der Waals surface area contributed by atoms with E-state index in [1.165, 1.54) is 6.42 Å². The van der Waals surface area contributed by atoms with E-state index < -0.39 is 0 Å². The molecule has 2 atom stereocenters. The highest BCUT2D eigenvalue weighted by Crippen LogP contribution is 2.25. The summed E-state index contributed by atoms with van der Waals surface area (Å²) in [4.78, 5) is 19.3. The van der Waals surface area contributed by atoms with Gasteiger partial charge in [-0.15, -0.1) is 0 Å². The first-order valence-corrected chi connectivity index (χ1v) is 8.78. The number of carbonyl (C=O) groups is 1. The Morgan fingerprint density at radius 3 is 2.92 bits per heavy atom. The van der Waals surface area contributed by atoms with Crippen LogP contribution in [0.3, 0.4) is 0 Å². The van der Waals surface area contributed by atoms with Crippen LogP contribution in [0.25, 0.3) is 0 Å². The number of hydrogen-bond donors (Lipinski definition) is 1. The van der Waals surface area contributed by atoms with Crippen LogP contribution >= 0.6 is 0 Å². The van der Waals surface area contributed by atoms with E-state index in [1.54, 1.807) is 13.3 Å². The highest BCUT2D eigenvalue weighted by molar-refractivity contribution is 5.75. The van der Waals surface area contributed by atoms with Crippen LogP contribution in [-0.2, 0) is 7.05 Å². The summed E-state index contributed by atoms with van der Waals surface area (Å²) in [6.45, 7) is 2.92. The molecule has 1 fully saturated rings. The molecule has 1 aliphatic rings. The largest absolute Gasteiger partial charge is 0.497 e. The number of aryl methyl sites for hydroxylation is 1. The van der Waals surface area contributed by atoms with Crippen molar-refractivity contribution in [3.05, 3.63) is 48.0 Å². The smallest absolute Gasteiger partial charge is 0.318 e. The lowest BCUT2D eigenvalue weighted by Gasteiger charge is -2.34. The minimum absolute atomic E-state index is 0.0389. The van der Waals surface area contributed by atoms with Crippen LogP contribution in [0.4, 0.5) is 4.79 Å². The van der Waals surface area contributed by atoms with Gasteiger partial charge in [-0.2, -0.15) is 0 Å². The monoisotopic (exact) mass is 342 g/mol. The number of methoxy groups -OCH3 is 1. The molecule has 3 rings (SSSR count). The zero-order chi connectivity index (χ0) is 17.8. The van der Waals surface area contributed by atoms with Crippen LogP contribution < -0.4 is 10.1 Å². The van der Waals surface area contributed by atoms with E-state index in [0.717, 1.165) is 36.5 Å². The van der Waals surface area contributed by atoms with Crippen LogP contribution in [0.1, 0.15) is 43.6 Å². The molecule has 0 spiro atoms. The Labute approximate surface area is 148 Å². The second-order valence-electron chi connectivity index (χ2n) is 6.59. The van der Waals surface area contributed by atoms with Crippen LogP contribution in [-0.4, -0.2) is 40.2 Å². The molecule has 2 heterocycles. The van der Waals surface area contributed by atoms with Crippen molar-refractivity contribution in [2.24, 2.45) is 7.05 Å². The quantitative estimate of drug-likeness (QED) is 0.929. The number of ether oxygens (including phenoxy) is 1. The number of imidazole rings is 1. The van der Waals surface area contributed by atoms with Crippen molar-refractivity contribution in [1.82, 2.24) is 19.8 Å². The highest BCUT2D eigenvalue weighted by atomic mass is 16.5. The molecule has 134 valence electrons. The van der Waals surface area contributed by atoms with E-state index in [-0.39, 0.29) is 18.1 Å². The maximum atomic E-state index is 12.9. The molecule has 6 heteroatoms. The molecule has 1 N–H and O–H groups in total. The minimum atomic E-state index is -0.322. The average Bonchev–Trinajstić information content (AvgIpc) is 3.05. The van der Waals surface area contributed by atoms with Gasteiger partial charge >= 0.3 is 6.03 Å². The van der Waals surface area contributed by atoms with Crippen molar-refractivity contribution in [1.29, 1.82) is 0 Å². The summed E-state index contributed by atoms with van der Waals surface area (Å²) in [7, 11) is 3.58. The summed E-state index contributed by atoms with van der Waals surface area (Å²) in [6, 6.07) is 7.66. The molecule has 0 radical (unpaired) electrons. The molecule has 25 heavy (non-hydrogen) atoms. The maximum Gasteiger partial charge on any atom is 0.318 e. The Balaban J connectivity index is 1.89. The predicted molar refractivity (Wildman–Crippen MR) is 96.6 cm³/mol. The van der Waals surface area contributed by atoms with Gasteiger partial charge in [0.15, 0.2) is 0 Å². The number of nitrogens with zero attached hydrogens (tertiary/aromatic N) is 3. The summed E-state index contributed by atoms with van der Waals surface area (Å²) < 4.78 is 7.28. The lowest BCUT2D eigenvalue weighted by Crippen LogP contribution is -2.48. The van der Waals surface area contributed by atoms with E-state index in [2.05, 4.69) is 17.2 Å². The van der Waals surface area contributed by atoms with Gasteiger partial charge in [0, 0.05) is 32.0 Å². The molecule has 1 aromatic heterocycles. The van der Waals surface area contributed by atoms with E-state index in [1.807, 2.05) is 47.0 Å². The molecule has 1 aromatic carbocycles. The fourth-order valence-corrected chi connectivity index (χ4v) is 3.38. The van der Waals surface area contributed by atoms with E-state index in [4.69, 9.17) is 4.74 Å². The second kappa shape index (κ2) is 7.59. The number of nitrogens with one attached hydrogen (secondary N) is 1. The van der Waals surface area contributed by atoms with Gasteiger partial charge in [0.1, 0.15) is 17.6 Å². The van der Waals surface area contributed by atoms with E-state index in [0.29, 0.717) is 0 Å². The van der Waals surface area contributed by atoms with Gasteiger partial charge in [0.2, 0.25) is 0 Å². The summed E-state index contributed by atoms with van der Waals surface area (Å²) in [5.41, 5.74) is 0.951. The highest BCUT2D eigenvalue weighted by Gasteiger charge is 2.27. The molecule has 1 aliphatic heterocycles. The number of amides is 2. The fourth-order valence-electron chi connectivity index (χ4n) is 3.38. The Morgan fingerprint density at radius 1 is 1.40 bits per heavy atom.